The van der Waals surface area contributed by atoms with E-state index < -0.39 is 23.3 Å². The second-order valence-corrected chi connectivity index (χ2v) is 10.2. The predicted molar refractivity (Wildman–Crippen MR) is 137 cm³/mol. The van der Waals surface area contributed by atoms with Crippen LogP contribution < -0.4 is 4.74 Å². The molecule has 1 nitrogen and oxygen atoms in total. The largest absolute Gasteiger partial charge is 0.491 e. The summed E-state index contributed by atoms with van der Waals surface area (Å²) in [6, 6.07) is 6.56. The molecule has 0 N–H and O–H groups in total. The van der Waals surface area contributed by atoms with Crippen LogP contribution in [0.5, 0.6) is 5.75 Å². The molecule has 0 atom stereocenters. The molecule has 0 radical (unpaired) electrons. The van der Waals surface area contributed by atoms with E-state index in [0.29, 0.717) is 17.0 Å². The number of allylic oxidation sites excluding steroid dienone is 3. The summed E-state index contributed by atoms with van der Waals surface area (Å²) in [5.74, 6) is -2.54. The van der Waals surface area contributed by atoms with E-state index in [1.54, 1.807) is 19.1 Å². The Morgan fingerprint density at radius 3 is 1.72 bits per heavy atom. The minimum absolute atomic E-state index is 0.0247. The van der Waals surface area contributed by atoms with Crippen molar-refractivity contribution < 1.29 is 22.3 Å². The normalized spacial score (nSPS) is 25.1. The fourth-order valence-corrected chi connectivity index (χ4v) is 5.91. The zero-order chi connectivity index (χ0) is 25.7. The van der Waals surface area contributed by atoms with Gasteiger partial charge in [0.05, 0.1) is 6.61 Å². The fourth-order valence-electron chi connectivity index (χ4n) is 5.91. The lowest BCUT2D eigenvalue weighted by Gasteiger charge is -2.30. The van der Waals surface area contributed by atoms with Crippen molar-refractivity contribution in [2.45, 2.75) is 77.0 Å². The smallest absolute Gasteiger partial charge is 0.201 e. The van der Waals surface area contributed by atoms with Gasteiger partial charge < -0.3 is 4.74 Å². The molecule has 0 amide bonds. The molecule has 4 rings (SSSR count). The Bertz CT molecular complexity index is 1090. The van der Waals surface area contributed by atoms with Crippen LogP contribution in [0, 0.1) is 35.1 Å². The van der Waals surface area contributed by atoms with Crippen LogP contribution in [0.2, 0.25) is 0 Å². The van der Waals surface area contributed by atoms with Gasteiger partial charge in [0, 0.05) is 5.56 Å². The zero-order valence-corrected chi connectivity index (χ0v) is 21.2. The molecule has 0 bridgehead atoms. The molecule has 2 saturated carbocycles. The van der Waals surface area contributed by atoms with Crippen molar-refractivity contribution in [2.75, 3.05) is 6.61 Å². The van der Waals surface area contributed by atoms with Gasteiger partial charge in [-0.15, -0.1) is 0 Å². The van der Waals surface area contributed by atoms with Crippen LogP contribution in [0.4, 0.5) is 17.6 Å². The Kier molecular flexibility index (Phi) is 8.92. The number of hydrogen-bond acceptors (Lipinski definition) is 1. The van der Waals surface area contributed by atoms with Gasteiger partial charge in [-0.25, -0.2) is 13.2 Å². The number of benzene rings is 2. The highest BCUT2D eigenvalue weighted by Gasteiger charge is 2.29. The summed E-state index contributed by atoms with van der Waals surface area (Å²) in [4.78, 5) is 0. The summed E-state index contributed by atoms with van der Waals surface area (Å²) in [7, 11) is 0. The maximum Gasteiger partial charge on any atom is 0.201 e. The highest BCUT2D eigenvalue weighted by molar-refractivity contribution is 5.52. The third kappa shape index (κ3) is 5.87. The third-order valence-electron chi connectivity index (χ3n) is 7.95. The van der Waals surface area contributed by atoms with Crippen molar-refractivity contribution in [2.24, 2.45) is 11.8 Å². The first-order valence-electron chi connectivity index (χ1n) is 13.3. The van der Waals surface area contributed by atoms with Gasteiger partial charge in [-0.2, -0.15) is 4.39 Å². The first-order chi connectivity index (χ1) is 17.4. The Morgan fingerprint density at radius 1 is 0.694 bits per heavy atom. The van der Waals surface area contributed by atoms with Crippen LogP contribution >= 0.6 is 0 Å². The third-order valence-corrected chi connectivity index (χ3v) is 7.95. The van der Waals surface area contributed by atoms with Crippen LogP contribution in [0.25, 0.3) is 6.08 Å². The number of ether oxygens (including phenoxy) is 1. The molecule has 2 fully saturated rings. The lowest BCUT2D eigenvalue weighted by Crippen LogP contribution is -2.16. The summed E-state index contributed by atoms with van der Waals surface area (Å²) in [5, 5.41) is 0. The van der Waals surface area contributed by atoms with Gasteiger partial charge in [-0.05, 0) is 112 Å². The monoisotopic (exact) mass is 500 g/mol. The van der Waals surface area contributed by atoms with Crippen molar-refractivity contribution in [3.05, 3.63) is 82.5 Å². The van der Waals surface area contributed by atoms with Crippen molar-refractivity contribution in [1.29, 1.82) is 0 Å². The molecular weight excluding hydrogens is 464 g/mol. The Hall–Kier alpha value is -2.56. The molecule has 0 saturated heterocycles. The molecule has 194 valence electrons. The molecule has 2 aliphatic carbocycles. The van der Waals surface area contributed by atoms with E-state index in [2.05, 4.69) is 12.2 Å². The van der Waals surface area contributed by atoms with Crippen molar-refractivity contribution in [1.82, 2.24) is 0 Å². The van der Waals surface area contributed by atoms with Crippen LogP contribution in [-0.2, 0) is 0 Å². The van der Waals surface area contributed by atoms with Crippen LogP contribution in [0.3, 0.4) is 0 Å². The summed E-state index contributed by atoms with van der Waals surface area (Å²) < 4.78 is 63.8. The summed E-state index contributed by atoms with van der Waals surface area (Å²) in [6.45, 7) is 4.00. The van der Waals surface area contributed by atoms with Gasteiger partial charge in [-0.1, -0.05) is 36.4 Å². The molecule has 0 aliphatic heterocycles. The minimum Gasteiger partial charge on any atom is -0.491 e. The maximum atomic E-state index is 15.1. The van der Waals surface area contributed by atoms with Gasteiger partial charge in [0.1, 0.15) is 0 Å². The molecule has 5 heteroatoms. The van der Waals surface area contributed by atoms with Gasteiger partial charge in [0.2, 0.25) is 5.82 Å². The van der Waals surface area contributed by atoms with Gasteiger partial charge in [-0.3, -0.25) is 0 Å². The van der Waals surface area contributed by atoms with E-state index in [1.807, 2.05) is 19.1 Å². The van der Waals surface area contributed by atoms with Gasteiger partial charge in [0.25, 0.3) is 0 Å². The van der Waals surface area contributed by atoms with E-state index in [9.17, 15) is 8.78 Å². The standard InChI is InChI=1S/C31H36F4O/c1-3-5-20-6-11-22(12-7-20)25-17-18-26(30(34)29(25)33)23-13-8-21(9-14-23)10-15-24-16-19-27(36-4-2)31(35)28(24)32/h3,5,10,15-23H,4,6-9,11-14H2,1-2H3. The van der Waals surface area contributed by atoms with Crippen molar-refractivity contribution in [3.63, 3.8) is 0 Å². The quantitative estimate of drug-likeness (QED) is 0.272. The van der Waals surface area contributed by atoms with E-state index in [4.69, 9.17) is 4.74 Å². The Labute approximate surface area is 212 Å². The maximum absolute atomic E-state index is 15.1. The van der Waals surface area contributed by atoms with Crippen LogP contribution in [0.15, 0.2) is 42.5 Å². The highest BCUT2D eigenvalue weighted by Crippen LogP contribution is 2.42. The molecule has 36 heavy (non-hydrogen) atoms. The van der Waals surface area contributed by atoms with Gasteiger partial charge in [0.15, 0.2) is 23.2 Å². The van der Waals surface area contributed by atoms with Crippen LogP contribution in [0.1, 0.15) is 93.7 Å². The zero-order valence-electron chi connectivity index (χ0n) is 21.2. The predicted octanol–water partition coefficient (Wildman–Crippen LogP) is 9.48. The number of rotatable bonds is 7. The molecular formula is C31H36F4O. The van der Waals surface area contributed by atoms with Crippen molar-refractivity contribution >= 4 is 6.08 Å². The number of hydrogen-bond donors (Lipinski definition) is 0. The van der Waals surface area contributed by atoms with Crippen molar-refractivity contribution in [3.8, 4) is 5.75 Å². The molecule has 0 heterocycles. The average molecular weight is 501 g/mol. The number of halogens is 4. The topological polar surface area (TPSA) is 9.23 Å². The highest BCUT2D eigenvalue weighted by atomic mass is 19.2. The van der Waals surface area contributed by atoms with E-state index >= 15 is 8.78 Å². The molecule has 2 aromatic carbocycles. The first-order valence-corrected chi connectivity index (χ1v) is 13.3. The van der Waals surface area contributed by atoms with E-state index in [-0.39, 0.29) is 35.7 Å². The molecule has 2 aliphatic rings. The summed E-state index contributed by atoms with van der Waals surface area (Å²) in [5.41, 5.74) is 1.18. The Balaban J connectivity index is 1.37. The summed E-state index contributed by atoms with van der Waals surface area (Å²) in [6.07, 6.45) is 14.7. The molecule has 0 aromatic heterocycles. The second kappa shape index (κ2) is 12.1. The molecule has 0 spiro atoms. The molecule has 2 aromatic rings. The van der Waals surface area contributed by atoms with Gasteiger partial charge >= 0.3 is 0 Å². The molecule has 0 unspecified atom stereocenters. The second-order valence-electron chi connectivity index (χ2n) is 10.2. The van der Waals surface area contributed by atoms with Crippen LogP contribution in [-0.4, -0.2) is 6.61 Å². The van der Waals surface area contributed by atoms with E-state index in [1.165, 1.54) is 12.1 Å². The lowest BCUT2D eigenvalue weighted by atomic mass is 9.76. The lowest BCUT2D eigenvalue weighted by molar-refractivity contribution is 0.314. The first kappa shape index (κ1) is 26.5. The fraction of sp³-hybridized carbons (Fsp3) is 0.484. The Morgan fingerprint density at radius 2 is 1.22 bits per heavy atom. The average Bonchev–Trinajstić information content (AvgIpc) is 2.89. The minimum atomic E-state index is -0.977. The summed E-state index contributed by atoms with van der Waals surface area (Å²) >= 11 is 0. The SMILES string of the molecule is CC=CC1CCC(c2ccc(C3CCC(C=Cc4ccc(OCC)c(F)c4F)CC3)c(F)c2F)CC1. The van der Waals surface area contributed by atoms with E-state index in [0.717, 1.165) is 51.4 Å².